The van der Waals surface area contributed by atoms with Gasteiger partial charge in [0.15, 0.2) is 11.6 Å². The molecule has 2 fully saturated rings. The molecule has 2 aliphatic rings. The van der Waals surface area contributed by atoms with Crippen LogP contribution in [-0.2, 0) is 9.47 Å². The van der Waals surface area contributed by atoms with Crippen LogP contribution in [0.2, 0.25) is 0 Å². The van der Waals surface area contributed by atoms with E-state index in [1.807, 2.05) is 0 Å². The molecule has 0 radical (unpaired) electrons. The standard InChI is InChI=1S/C19H22F2N6O4/c1-30-18(28)22-10-14-11-26(19(29)31-14)13-8-15(20)17(16(21)9-13)25-5-2-12(3-6-25)27-7-4-23-24-27/h4,7-9,12,14H,2-3,5-6,10-11H2,1H3,(H,22,28)/t14-/m0/s1. The predicted molar refractivity (Wildman–Crippen MR) is 105 cm³/mol. The van der Waals surface area contributed by atoms with E-state index in [0.29, 0.717) is 25.9 Å². The molecule has 2 aliphatic heterocycles. The Hall–Kier alpha value is -3.44. The molecule has 3 heterocycles. The summed E-state index contributed by atoms with van der Waals surface area (Å²) in [5.74, 6) is -1.50. The first-order valence-electron chi connectivity index (χ1n) is 9.86. The minimum absolute atomic E-state index is 0.0265. The summed E-state index contributed by atoms with van der Waals surface area (Å²) >= 11 is 0. The lowest BCUT2D eigenvalue weighted by Gasteiger charge is -2.34. The summed E-state index contributed by atoms with van der Waals surface area (Å²) in [4.78, 5) is 26.1. The summed E-state index contributed by atoms with van der Waals surface area (Å²) in [7, 11) is 1.21. The van der Waals surface area contributed by atoms with Gasteiger partial charge in [-0.3, -0.25) is 4.90 Å². The van der Waals surface area contributed by atoms with E-state index in [4.69, 9.17) is 4.74 Å². The second-order valence-electron chi connectivity index (χ2n) is 7.35. The highest BCUT2D eigenvalue weighted by molar-refractivity contribution is 5.90. The third-order valence-corrected chi connectivity index (χ3v) is 5.44. The molecule has 0 unspecified atom stereocenters. The highest BCUT2D eigenvalue weighted by atomic mass is 19.1. The van der Waals surface area contributed by atoms with Crippen LogP contribution < -0.4 is 15.1 Å². The van der Waals surface area contributed by atoms with E-state index in [9.17, 15) is 18.4 Å². The van der Waals surface area contributed by atoms with Gasteiger partial charge in [0.05, 0.1) is 38.1 Å². The number of alkyl carbamates (subject to hydrolysis) is 1. The molecule has 4 rings (SSSR count). The Morgan fingerprint density at radius 2 is 2.00 bits per heavy atom. The van der Waals surface area contributed by atoms with Crippen LogP contribution in [0.15, 0.2) is 24.5 Å². The maximum atomic E-state index is 14.9. The number of amides is 2. The van der Waals surface area contributed by atoms with Crippen molar-refractivity contribution in [3.05, 3.63) is 36.2 Å². The summed E-state index contributed by atoms with van der Waals surface area (Å²) < 4.78 is 41.1. The summed E-state index contributed by atoms with van der Waals surface area (Å²) in [6, 6.07) is 2.39. The van der Waals surface area contributed by atoms with Gasteiger partial charge in [0, 0.05) is 31.4 Å². The first kappa shape index (κ1) is 20.8. The van der Waals surface area contributed by atoms with Gasteiger partial charge >= 0.3 is 12.2 Å². The quantitative estimate of drug-likeness (QED) is 0.766. The molecular formula is C19H22F2N6O4. The first-order chi connectivity index (χ1) is 15.0. The number of piperidine rings is 1. The molecule has 1 N–H and O–H groups in total. The average Bonchev–Trinajstić information content (AvgIpc) is 3.42. The molecule has 0 aliphatic carbocycles. The molecule has 0 spiro atoms. The minimum atomic E-state index is -0.752. The third-order valence-electron chi connectivity index (χ3n) is 5.44. The van der Waals surface area contributed by atoms with Crippen LogP contribution in [-0.4, -0.2) is 66.6 Å². The molecule has 2 saturated heterocycles. The number of aromatic nitrogens is 3. The molecule has 166 valence electrons. The van der Waals surface area contributed by atoms with Crippen molar-refractivity contribution in [1.29, 1.82) is 0 Å². The molecule has 10 nitrogen and oxygen atoms in total. The van der Waals surface area contributed by atoms with Gasteiger partial charge in [-0.05, 0) is 12.8 Å². The molecule has 2 aromatic rings. The number of anilines is 2. The van der Waals surface area contributed by atoms with Crippen molar-refractivity contribution >= 4 is 23.6 Å². The van der Waals surface area contributed by atoms with Gasteiger partial charge < -0.3 is 19.7 Å². The van der Waals surface area contributed by atoms with Crippen molar-refractivity contribution in [1.82, 2.24) is 20.3 Å². The molecule has 1 aromatic carbocycles. The Bertz CT molecular complexity index is 926. The van der Waals surface area contributed by atoms with Gasteiger partial charge in [0.25, 0.3) is 0 Å². The molecule has 0 bridgehead atoms. The lowest BCUT2D eigenvalue weighted by Crippen LogP contribution is -2.36. The number of hydrogen-bond acceptors (Lipinski definition) is 7. The van der Waals surface area contributed by atoms with Crippen LogP contribution in [0.3, 0.4) is 0 Å². The van der Waals surface area contributed by atoms with Gasteiger partial charge in [-0.1, -0.05) is 5.21 Å². The Labute approximate surface area is 176 Å². The third kappa shape index (κ3) is 4.37. The number of nitrogens with zero attached hydrogens (tertiary/aromatic N) is 5. The number of carbonyl (C=O) groups excluding carboxylic acids is 2. The van der Waals surface area contributed by atoms with Crippen molar-refractivity contribution < 1.29 is 27.8 Å². The summed E-state index contributed by atoms with van der Waals surface area (Å²) in [6.45, 7) is 0.999. The number of carbonyl (C=O) groups is 2. The fourth-order valence-corrected chi connectivity index (χ4v) is 3.88. The first-order valence-corrected chi connectivity index (χ1v) is 9.86. The fraction of sp³-hybridized carbons (Fsp3) is 0.474. The van der Waals surface area contributed by atoms with Crippen molar-refractivity contribution in [2.75, 3.05) is 43.1 Å². The van der Waals surface area contributed by atoms with Crippen LogP contribution in [0.25, 0.3) is 0 Å². The SMILES string of the molecule is COC(=O)NC[C@H]1CN(c2cc(F)c(N3CCC(n4ccnn4)CC3)c(F)c2)C(=O)O1. The number of cyclic esters (lactones) is 1. The number of halogens is 2. The zero-order valence-electron chi connectivity index (χ0n) is 16.8. The van der Waals surface area contributed by atoms with Crippen molar-refractivity contribution in [3.8, 4) is 0 Å². The van der Waals surface area contributed by atoms with Crippen LogP contribution >= 0.6 is 0 Å². The van der Waals surface area contributed by atoms with Gasteiger partial charge in [0.2, 0.25) is 0 Å². The number of methoxy groups -OCH3 is 1. The topological polar surface area (TPSA) is 102 Å². The highest BCUT2D eigenvalue weighted by Gasteiger charge is 2.34. The van der Waals surface area contributed by atoms with Crippen LogP contribution in [0, 0.1) is 11.6 Å². The zero-order chi connectivity index (χ0) is 22.0. The maximum Gasteiger partial charge on any atom is 0.414 e. The van der Waals surface area contributed by atoms with Gasteiger partial charge in [0.1, 0.15) is 11.8 Å². The highest BCUT2D eigenvalue weighted by Crippen LogP contribution is 2.33. The number of nitrogens with one attached hydrogen (secondary N) is 1. The largest absolute Gasteiger partial charge is 0.453 e. The number of rotatable bonds is 5. The Kier molecular flexibility index (Phi) is 5.87. The van der Waals surface area contributed by atoms with Gasteiger partial charge in [-0.15, -0.1) is 5.10 Å². The van der Waals surface area contributed by atoms with E-state index in [2.05, 4.69) is 20.4 Å². The molecule has 12 heteroatoms. The Balaban J connectivity index is 1.43. The van der Waals surface area contributed by atoms with E-state index < -0.39 is 29.9 Å². The maximum absolute atomic E-state index is 14.9. The lowest BCUT2D eigenvalue weighted by molar-refractivity contribution is 0.132. The van der Waals surface area contributed by atoms with Crippen molar-refractivity contribution in [3.63, 3.8) is 0 Å². The number of ether oxygens (including phenoxy) is 2. The average molecular weight is 436 g/mol. The number of benzene rings is 1. The van der Waals surface area contributed by atoms with Gasteiger partial charge in [-0.25, -0.2) is 23.1 Å². The van der Waals surface area contributed by atoms with E-state index in [-0.39, 0.29) is 30.5 Å². The normalized spacial score (nSPS) is 19.5. The van der Waals surface area contributed by atoms with Crippen molar-refractivity contribution in [2.45, 2.75) is 25.0 Å². The van der Waals surface area contributed by atoms with E-state index >= 15 is 0 Å². The molecule has 0 saturated carbocycles. The molecule has 1 atom stereocenters. The smallest absolute Gasteiger partial charge is 0.414 e. The second-order valence-corrected chi connectivity index (χ2v) is 7.35. The van der Waals surface area contributed by atoms with Crippen LogP contribution in [0.1, 0.15) is 18.9 Å². The number of hydrogen-bond donors (Lipinski definition) is 1. The summed E-state index contributed by atoms with van der Waals surface area (Å²) in [6.07, 6.45) is 2.67. The molecule has 1 aromatic heterocycles. The van der Waals surface area contributed by atoms with E-state index in [1.54, 1.807) is 22.0 Å². The van der Waals surface area contributed by atoms with Crippen LogP contribution in [0.4, 0.5) is 29.7 Å². The van der Waals surface area contributed by atoms with Gasteiger partial charge in [-0.2, -0.15) is 0 Å². The van der Waals surface area contributed by atoms with Crippen molar-refractivity contribution in [2.24, 2.45) is 0 Å². The summed E-state index contributed by atoms with van der Waals surface area (Å²) in [5, 5.41) is 10.2. The monoisotopic (exact) mass is 436 g/mol. The zero-order valence-corrected chi connectivity index (χ0v) is 16.8. The lowest BCUT2D eigenvalue weighted by atomic mass is 10.0. The minimum Gasteiger partial charge on any atom is -0.453 e. The predicted octanol–water partition coefficient (Wildman–Crippen LogP) is 2.08. The Morgan fingerprint density at radius 3 is 2.61 bits per heavy atom. The molecule has 31 heavy (non-hydrogen) atoms. The fourth-order valence-electron chi connectivity index (χ4n) is 3.88. The second kappa shape index (κ2) is 8.74. The molecule has 2 amide bonds. The van der Waals surface area contributed by atoms with Crippen LogP contribution in [0.5, 0.6) is 0 Å². The summed E-state index contributed by atoms with van der Waals surface area (Å²) in [5.41, 5.74) is -0.0564. The molecular weight excluding hydrogens is 414 g/mol. The van der Waals surface area contributed by atoms with E-state index in [1.165, 1.54) is 7.11 Å². The Morgan fingerprint density at radius 1 is 1.29 bits per heavy atom. The van der Waals surface area contributed by atoms with E-state index in [0.717, 1.165) is 17.0 Å².